The van der Waals surface area contributed by atoms with E-state index in [0.29, 0.717) is 6.04 Å². The Morgan fingerprint density at radius 1 is 1.53 bits per heavy atom. The van der Waals surface area contributed by atoms with Gasteiger partial charge in [-0.2, -0.15) is 0 Å². The fourth-order valence-corrected chi connectivity index (χ4v) is 1.62. The second-order valence-corrected chi connectivity index (χ2v) is 3.61. The van der Waals surface area contributed by atoms with E-state index in [4.69, 9.17) is 0 Å². The summed E-state index contributed by atoms with van der Waals surface area (Å²) in [4.78, 5) is 15.6. The lowest BCUT2D eigenvalue weighted by Crippen LogP contribution is -2.27. The first-order valence-electron chi connectivity index (χ1n) is 5.17. The van der Waals surface area contributed by atoms with Gasteiger partial charge in [0, 0.05) is 12.5 Å². The number of imidazole rings is 1. The van der Waals surface area contributed by atoms with Crippen molar-refractivity contribution in [1.82, 2.24) is 25.3 Å². The highest BCUT2D eigenvalue weighted by Gasteiger charge is 2.07. The number of aromatic nitrogens is 4. The summed E-state index contributed by atoms with van der Waals surface area (Å²) in [7, 11) is 0. The second-order valence-electron chi connectivity index (χ2n) is 3.61. The van der Waals surface area contributed by atoms with E-state index < -0.39 is 0 Å². The molecule has 80 valence electrons. The van der Waals surface area contributed by atoms with Gasteiger partial charge in [-0.25, -0.2) is 15.0 Å². The van der Waals surface area contributed by atoms with E-state index in [-0.39, 0.29) is 0 Å². The minimum Gasteiger partial charge on any atom is -0.339 e. The Labute approximate surface area is 88.4 Å². The number of hydrogen-bond acceptors (Lipinski definition) is 4. The first-order chi connectivity index (χ1) is 7.29. The Hall–Kier alpha value is -1.49. The van der Waals surface area contributed by atoms with Gasteiger partial charge in [-0.3, -0.25) is 0 Å². The summed E-state index contributed by atoms with van der Waals surface area (Å²) in [5.74, 6) is 0.957. The lowest BCUT2D eigenvalue weighted by Gasteiger charge is -2.09. The van der Waals surface area contributed by atoms with E-state index in [1.165, 1.54) is 6.33 Å². The van der Waals surface area contributed by atoms with E-state index in [0.717, 1.165) is 30.0 Å². The number of nitrogens with one attached hydrogen (secondary N) is 2. The molecule has 2 N–H and O–H groups in total. The van der Waals surface area contributed by atoms with Crippen molar-refractivity contribution in [3.63, 3.8) is 0 Å². The normalized spacial score (nSPS) is 13.2. The van der Waals surface area contributed by atoms with Gasteiger partial charge >= 0.3 is 0 Å². The molecule has 1 unspecified atom stereocenters. The lowest BCUT2D eigenvalue weighted by molar-refractivity contribution is 0.555. The lowest BCUT2D eigenvalue weighted by atomic mass is 10.2. The predicted molar refractivity (Wildman–Crippen MR) is 58.5 cm³/mol. The average Bonchev–Trinajstić information content (AvgIpc) is 2.59. The third-order valence-electron chi connectivity index (χ3n) is 2.26. The van der Waals surface area contributed by atoms with Crippen LogP contribution in [0.2, 0.25) is 0 Å². The van der Waals surface area contributed by atoms with Crippen LogP contribution < -0.4 is 5.32 Å². The molecule has 15 heavy (non-hydrogen) atoms. The fourth-order valence-electron chi connectivity index (χ4n) is 1.62. The maximum absolute atomic E-state index is 4.39. The molecule has 0 radical (unpaired) electrons. The van der Waals surface area contributed by atoms with Gasteiger partial charge in [0.1, 0.15) is 17.7 Å². The third-order valence-corrected chi connectivity index (χ3v) is 2.26. The molecule has 2 aromatic rings. The zero-order valence-corrected chi connectivity index (χ0v) is 8.99. The summed E-state index contributed by atoms with van der Waals surface area (Å²) in [6, 6.07) is 0.420. The summed E-state index contributed by atoms with van der Waals surface area (Å²) >= 11 is 0. The number of fused-ring (bicyclic) bond motifs is 1. The van der Waals surface area contributed by atoms with E-state index in [9.17, 15) is 0 Å². The van der Waals surface area contributed by atoms with Crippen LogP contribution in [0.25, 0.3) is 11.2 Å². The smallest absolute Gasteiger partial charge is 0.180 e. The average molecular weight is 205 g/mol. The van der Waals surface area contributed by atoms with Crippen molar-refractivity contribution in [2.45, 2.75) is 26.3 Å². The Balaban J connectivity index is 2.15. The van der Waals surface area contributed by atoms with Crippen molar-refractivity contribution in [2.75, 3.05) is 6.54 Å². The SMILES string of the molecule is CCNC(C)Cc1nc2ncncc2[nH]1. The van der Waals surface area contributed by atoms with Gasteiger partial charge in [0.15, 0.2) is 5.65 Å². The molecule has 2 heterocycles. The molecule has 2 aromatic heterocycles. The zero-order chi connectivity index (χ0) is 10.7. The van der Waals surface area contributed by atoms with Crippen molar-refractivity contribution < 1.29 is 0 Å². The van der Waals surface area contributed by atoms with Crippen LogP contribution in [0.1, 0.15) is 19.7 Å². The van der Waals surface area contributed by atoms with Crippen molar-refractivity contribution >= 4 is 11.2 Å². The van der Waals surface area contributed by atoms with Crippen LogP contribution in [0.15, 0.2) is 12.5 Å². The van der Waals surface area contributed by atoms with Crippen LogP contribution >= 0.6 is 0 Å². The summed E-state index contributed by atoms with van der Waals surface area (Å²) < 4.78 is 0. The van der Waals surface area contributed by atoms with E-state index >= 15 is 0 Å². The summed E-state index contributed by atoms with van der Waals surface area (Å²) in [6.07, 6.45) is 4.14. The zero-order valence-electron chi connectivity index (χ0n) is 8.99. The molecule has 0 aliphatic rings. The molecule has 0 fully saturated rings. The molecule has 5 nitrogen and oxygen atoms in total. The number of H-pyrrole nitrogens is 1. The molecule has 0 saturated carbocycles. The highest BCUT2D eigenvalue weighted by Crippen LogP contribution is 2.07. The quantitative estimate of drug-likeness (QED) is 0.778. The summed E-state index contributed by atoms with van der Waals surface area (Å²) in [6.45, 7) is 5.21. The summed E-state index contributed by atoms with van der Waals surface area (Å²) in [5.41, 5.74) is 1.64. The molecule has 0 aromatic carbocycles. The van der Waals surface area contributed by atoms with Gasteiger partial charge in [0.25, 0.3) is 0 Å². The Kier molecular flexibility index (Phi) is 2.91. The van der Waals surface area contributed by atoms with Crippen LogP contribution in [0.5, 0.6) is 0 Å². The van der Waals surface area contributed by atoms with Crippen LogP contribution in [0.3, 0.4) is 0 Å². The molecule has 5 heteroatoms. The molecule has 0 amide bonds. The first kappa shape index (κ1) is 10.0. The maximum atomic E-state index is 4.39. The van der Waals surface area contributed by atoms with Gasteiger partial charge in [-0.1, -0.05) is 6.92 Å². The largest absolute Gasteiger partial charge is 0.339 e. The van der Waals surface area contributed by atoms with Crippen molar-refractivity contribution in [1.29, 1.82) is 0 Å². The van der Waals surface area contributed by atoms with E-state index in [1.54, 1.807) is 6.20 Å². The number of rotatable bonds is 4. The van der Waals surface area contributed by atoms with E-state index in [1.807, 2.05) is 0 Å². The molecule has 0 bridgehead atoms. The van der Waals surface area contributed by atoms with Gasteiger partial charge in [0.2, 0.25) is 0 Å². The number of hydrogen-bond donors (Lipinski definition) is 2. The molecule has 0 saturated heterocycles. The summed E-state index contributed by atoms with van der Waals surface area (Å²) in [5, 5.41) is 3.34. The first-order valence-corrected chi connectivity index (χ1v) is 5.17. The van der Waals surface area contributed by atoms with Crippen molar-refractivity contribution in [3.8, 4) is 0 Å². The Bertz CT molecular complexity index is 403. The van der Waals surface area contributed by atoms with Gasteiger partial charge in [0.05, 0.1) is 6.20 Å². The standard InChI is InChI=1S/C10H15N5/c1-3-12-7(2)4-9-14-8-5-11-6-13-10(8)15-9/h5-7,12H,3-4H2,1-2H3,(H,11,13,14,15). The molecular formula is C10H15N5. The minimum atomic E-state index is 0.420. The van der Waals surface area contributed by atoms with Gasteiger partial charge in [-0.05, 0) is 13.5 Å². The molecular weight excluding hydrogens is 190 g/mol. The molecule has 1 atom stereocenters. The predicted octanol–water partition coefficient (Wildman–Crippen LogP) is 0.893. The van der Waals surface area contributed by atoms with Crippen molar-refractivity contribution in [2.24, 2.45) is 0 Å². The monoisotopic (exact) mass is 205 g/mol. The number of nitrogens with zero attached hydrogens (tertiary/aromatic N) is 3. The number of likely N-dealkylation sites (N-methyl/N-ethyl adjacent to an activating group) is 1. The highest BCUT2D eigenvalue weighted by atomic mass is 15.0. The molecule has 0 spiro atoms. The fraction of sp³-hybridized carbons (Fsp3) is 0.500. The van der Waals surface area contributed by atoms with Crippen LogP contribution in [-0.4, -0.2) is 32.5 Å². The van der Waals surface area contributed by atoms with Gasteiger partial charge in [-0.15, -0.1) is 0 Å². The van der Waals surface area contributed by atoms with Crippen molar-refractivity contribution in [3.05, 3.63) is 18.3 Å². The topological polar surface area (TPSA) is 66.5 Å². The third kappa shape index (κ3) is 2.30. The van der Waals surface area contributed by atoms with Crippen LogP contribution in [0, 0.1) is 0 Å². The highest BCUT2D eigenvalue weighted by molar-refractivity contribution is 5.68. The molecule has 0 aliphatic heterocycles. The maximum Gasteiger partial charge on any atom is 0.180 e. The molecule has 2 rings (SSSR count). The van der Waals surface area contributed by atoms with Gasteiger partial charge < -0.3 is 10.3 Å². The minimum absolute atomic E-state index is 0.420. The molecule has 0 aliphatic carbocycles. The van der Waals surface area contributed by atoms with Crippen LogP contribution in [-0.2, 0) is 6.42 Å². The number of aromatic amines is 1. The second kappa shape index (κ2) is 4.35. The Morgan fingerprint density at radius 2 is 2.40 bits per heavy atom. The Morgan fingerprint density at radius 3 is 3.13 bits per heavy atom. The van der Waals surface area contributed by atoms with Crippen LogP contribution in [0.4, 0.5) is 0 Å². The van der Waals surface area contributed by atoms with E-state index in [2.05, 4.69) is 39.1 Å².